The molecule has 19 heavy (non-hydrogen) atoms. The van der Waals surface area contributed by atoms with Gasteiger partial charge in [-0.15, -0.1) is 0 Å². The summed E-state index contributed by atoms with van der Waals surface area (Å²) in [5.74, 6) is -0.295. The van der Waals surface area contributed by atoms with Crippen molar-refractivity contribution in [3.8, 4) is 0 Å². The van der Waals surface area contributed by atoms with E-state index in [0.29, 0.717) is 11.6 Å². The van der Waals surface area contributed by atoms with Crippen LogP contribution in [-0.2, 0) is 14.9 Å². The molecule has 0 atom stereocenters. The van der Waals surface area contributed by atoms with Crippen molar-refractivity contribution in [2.45, 2.75) is 33.1 Å². The van der Waals surface area contributed by atoms with Gasteiger partial charge in [-0.3, -0.25) is 4.79 Å². The second-order valence-electron chi connectivity index (χ2n) is 5.32. The van der Waals surface area contributed by atoms with Crippen LogP contribution in [0.3, 0.4) is 0 Å². The molecule has 0 saturated heterocycles. The molecule has 0 fully saturated rings. The highest BCUT2D eigenvalue weighted by molar-refractivity contribution is 7.80. The fourth-order valence-electron chi connectivity index (χ4n) is 1.59. The average Bonchev–Trinajstić information content (AvgIpc) is 2.35. The highest BCUT2D eigenvalue weighted by Crippen LogP contribution is 2.22. The number of carbonyl (C=O) groups excluding carboxylic acids is 1. The fraction of sp³-hybridized carbons (Fsp3) is 0.467. The van der Waals surface area contributed by atoms with Crippen LogP contribution in [0.1, 0.15) is 38.8 Å². The van der Waals surface area contributed by atoms with Crippen LogP contribution in [0.15, 0.2) is 24.3 Å². The van der Waals surface area contributed by atoms with Crippen molar-refractivity contribution < 1.29 is 9.53 Å². The molecule has 0 spiro atoms. The third-order valence-electron chi connectivity index (χ3n) is 2.71. The average molecular weight is 279 g/mol. The minimum absolute atomic E-state index is 0.105. The largest absolute Gasteiger partial charge is 0.465 e. The van der Waals surface area contributed by atoms with E-state index in [0.717, 1.165) is 5.56 Å². The van der Waals surface area contributed by atoms with Gasteiger partial charge in [-0.1, -0.05) is 57.3 Å². The molecule has 0 aliphatic heterocycles. The van der Waals surface area contributed by atoms with E-state index in [4.69, 9.17) is 17.0 Å². The molecule has 0 radical (unpaired) electrons. The van der Waals surface area contributed by atoms with E-state index < -0.39 is 0 Å². The molecule has 1 rings (SSSR count). The van der Waals surface area contributed by atoms with Gasteiger partial charge in [-0.05, 0) is 17.9 Å². The Hall–Kier alpha value is -1.42. The molecular weight excluding hydrogens is 258 g/mol. The van der Waals surface area contributed by atoms with Crippen molar-refractivity contribution in [1.29, 1.82) is 0 Å². The standard InChI is InChI=1S/C15H21NO2S/c1-5-18-13(17)10-16-14(19)11-6-8-12(9-7-11)15(2,3)4/h6-9H,5,10H2,1-4H3,(H,16,19). The summed E-state index contributed by atoms with van der Waals surface area (Å²) in [4.78, 5) is 11.8. The lowest BCUT2D eigenvalue weighted by molar-refractivity contribution is -0.141. The molecule has 0 aliphatic rings. The van der Waals surface area contributed by atoms with Gasteiger partial charge in [-0.2, -0.15) is 0 Å². The summed E-state index contributed by atoms with van der Waals surface area (Å²) in [6.07, 6.45) is 0. The smallest absolute Gasteiger partial charge is 0.325 e. The molecular formula is C15H21NO2S. The Morgan fingerprint density at radius 1 is 1.26 bits per heavy atom. The zero-order chi connectivity index (χ0) is 14.5. The quantitative estimate of drug-likeness (QED) is 0.679. The molecule has 1 N–H and O–H groups in total. The number of thiocarbonyl (C=S) groups is 1. The van der Waals surface area contributed by atoms with Crippen molar-refractivity contribution in [1.82, 2.24) is 5.32 Å². The Balaban J connectivity index is 2.61. The van der Waals surface area contributed by atoms with Gasteiger partial charge in [0.15, 0.2) is 0 Å². The van der Waals surface area contributed by atoms with E-state index in [1.165, 1.54) is 5.56 Å². The van der Waals surface area contributed by atoms with Crippen LogP contribution in [0.4, 0.5) is 0 Å². The van der Waals surface area contributed by atoms with Crippen LogP contribution < -0.4 is 5.32 Å². The summed E-state index contributed by atoms with van der Waals surface area (Å²) < 4.78 is 4.83. The SMILES string of the molecule is CCOC(=O)CNC(=S)c1ccc(C(C)(C)C)cc1. The minimum Gasteiger partial charge on any atom is -0.465 e. The third kappa shape index (κ3) is 4.99. The number of hydrogen-bond donors (Lipinski definition) is 1. The second kappa shape index (κ2) is 6.66. The molecule has 1 aromatic carbocycles. The third-order valence-corrected chi connectivity index (χ3v) is 3.09. The normalized spacial score (nSPS) is 10.9. The van der Waals surface area contributed by atoms with Gasteiger partial charge in [0.1, 0.15) is 11.5 Å². The van der Waals surface area contributed by atoms with Crippen LogP contribution in [0.25, 0.3) is 0 Å². The zero-order valence-corrected chi connectivity index (χ0v) is 12.8. The number of carbonyl (C=O) groups is 1. The number of hydrogen-bond acceptors (Lipinski definition) is 3. The Morgan fingerprint density at radius 2 is 1.84 bits per heavy atom. The Bertz CT molecular complexity index is 446. The highest BCUT2D eigenvalue weighted by atomic mass is 32.1. The van der Waals surface area contributed by atoms with Crippen LogP contribution in [-0.4, -0.2) is 24.1 Å². The van der Waals surface area contributed by atoms with Crippen molar-refractivity contribution in [3.63, 3.8) is 0 Å². The molecule has 0 unspecified atom stereocenters. The maximum Gasteiger partial charge on any atom is 0.325 e. The summed E-state index contributed by atoms with van der Waals surface area (Å²) in [7, 11) is 0. The molecule has 1 aromatic rings. The van der Waals surface area contributed by atoms with E-state index in [1.807, 2.05) is 12.1 Å². The van der Waals surface area contributed by atoms with Crippen molar-refractivity contribution in [3.05, 3.63) is 35.4 Å². The van der Waals surface area contributed by atoms with Crippen molar-refractivity contribution in [2.75, 3.05) is 13.2 Å². The number of benzene rings is 1. The van der Waals surface area contributed by atoms with E-state index >= 15 is 0 Å². The van der Waals surface area contributed by atoms with Gasteiger partial charge in [0, 0.05) is 5.56 Å². The summed E-state index contributed by atoms with van der Waals surface area (Å²) in [5.41, 5.74) is 2.29. The van der Waals surface area contributed by atoms with Crippen molar-refractivity contribution in [2.24, 2.45) is 0 Å². The maximum absolute atomic E-state index is 11.2. The molecule has 0 saturated carbocycles. The van der Waals surface area contributed by atoms with Gasteiger partial charge in [0.25, 0.3) is 0 Å². The van der Waals surface area contributed by atoms with Crippen LogP contribution in [0.5, 0.6) is 0 Å². The zero-order valence-electron chi connectivity index (χ0n) is 11.9. The summed E-state index contributed by atoms with van der Waals surface area (Å²) in [6, 6.07) is 8.07. The maximum atomic E-state index is 11.2. The Morgan fingerprint density at radius 3 is 2.32 bits per heavy atom. The highest BCUT2D eigenvalue weighted by Gasteiger charge is 2.13. The molecule has 0 aliphatic carbocycles. The first-order valence-electron chi connectivity index (χ1n) is 6.39. The molecule has 0 aromatic heterocycles. The molecule has 0 bridgehead atoms. The molecule has 104 valence electrons. The topological polar surface area (TPSA) is 38.3 Å². The number of nitrogens with one attached hydrogen (secondary N) is 1. The van der Waals surface area contributed by atoms with Gasteiger partial charge < -0.3 is 10.1 Å². The Labute approximate surface area is 120 Å². The molecule has 3 nitrogen and oxygen atoms in total. The summed E-state index contributed by atoms with van der Waals surface area (Å²) in [5, 5.41) is 2.90. The van der Waals surface area contributed by atoms with Gasteiger partial charge in [-0.25, -0.2) is 0 Å². The van der Waals surface area contributed by atoms with Gasteiger partial charge in [0.05, 0.1) is 6.61 Å². The first kappa shape index (κ1) is 15.6. The molecule has 0 amide bonds. The van der Waals surface area contributed by atoms with Gasteiger partial charge >= 0.3 is 5.97 Å². The summed E-state index contributed by atoms with van der Waals surface area (Å²) in [6.45, 7) is 8.76. The van der Waals surface area contributed by atoms with Gasteiger partial charge in [0.2, 0.25) is 0 Å². The van der Waals surface area contributed by atoms with Crippen molar-refractivity contribution >= 4 is 23.2 Å². The van der Waals surface area contributed by atoms with E-state index in [-0.39, 0.29) is 17.9 Å². The number of rotatable bonds is 4. The number of esters is 1. The number of ether oxygens (including phenoxy) is 1. The molecule has 0 heterocycles. The van der Waals surface area contributed by atoms with Crippen LogP contribution in [0, 0.1) is 0 Å². The van der Waals surface area contributed by atoms with E-state index in [1.54, 1.807) is 6.92 Å². The monoisotopic (exact) mass is 279 g/mol. The lowest BCUT2D eigenvalue weighted by Crippen LogP contribution is -2.30. The lowest BCUT2D eigenvalue weighted by Gasteiger charge is -2.19. The van der Waals surface area contributed by atoms with Crippen LogP contribution in [0.2, 0.25) is 0 Å². The van der Waals surface area contributed by atoms with E-state index in [2.05, 4.69) is 38.2 Å². The second-order valence-corrected chi connectivity index (χ2v) is 5.72. The molecule has 4 heteroatoms. The fourth-order valence-corrected chi connectivity index (χ4v) is 1.80. The lowest BCUT2D eigenvalue weighted by atomic mass is 9.87. The first-order chi connectivity index (χ1) is 8.84. The van der Waals surface area contributed by atoms with E-state index in [9.17, 15) is 4.79 Å². The van der Waals surface area contributed by atoms with Crippen LogP contribution >= 0.6 is 12.2 Å². The predicted octanol–water partition coefficient (Wildman–Crippen LogP) is 2.81. The first-order valence-corrected chi connectivity index (χ1v) is 6.79. The minimum atomic E-state index is -0.295. The predicted molar refractivity (Wildman–Crippen MR) is 81.5 cm³/mol. The Kier molecular flexibility index (Phi) is 5.48. The summed E-state index contributed by atoms with van der Waals surface area (Å²) >= 11 is 5.24.